The van der Waals surface area contributed by atoms with E-state index < -0.39 is 5.91 Å². The maximum absolute atomic E-state index is 12.6. The lowest BCUT2D eigenvalue weighted by atomic mass is 10.0. The van der Waals surface area contributed by atoms with Crippen LogP contribution < -0.4 is 10.1 Å². The molecule has 0 saturated heterocycles. The Labute approximate surface area is 175 Å². The summed E-state index contributed by atoms with van der Waals surface area (Å²) in [6.07, 6.45) is 3.64. The number of fused-ring (bicyclic) bond motifs is 1. The van der Waals surface area contributed by atoms with Gasteiger partial charge in [-0.15, -0.1) is 0 Å². The number of ether oxygens (including phenoxy) is 1. The number of amides is 1. The SMILES string of the molecule is CCCCOc1ccc(/C=C(\C#N)C(=O)Nc2cccc(Cl)c2)c2ccccc12. The molecule has 5 heteroatoms. The summed E-state index contributed by atoms with van der Waals surface area (Å²) in [7, 11) is 0. The highest BCUT2D eigenvalue weighted by atomic mass is 35.5. The number of carbonyl (C=O) groups is 1. The van der Waals surface area contributed by atoms with E-state index in [9.17, 15) is 10.1 Å². The predicted octanol–water partition coefficient (Wildman–Crippen LogP) is 6.22. The van der Waals surface area contributed by atoms with Crippen LogP contribution in [-0.2, 0) is 4.79 Å². The molecule has 0 aliphatic heterocycles. The summed E-state index contributed by atoms with van der Waals surface area (Å²) >= 11 is 5.95. The van der Waals surface area contributed by atoms with Gasteiger partial charge in [-0.3, -0.25) is 4.79 Å². The molecule has 0 heterocycles. The van der Waals surface area contributed by atoms with Crippen LogP contribution in [0.3, 0.4) is 0 Å². The monoisotopic (exact) mass is 404 g/mol. The van der Waals surface area contributed by atoms with E-state index in [1.165, 1.54) is 0 Å². The maximum atomic E-state index is 12.6. The molecule has 0 spiro atoms. The van der Waals surface area contributed by atoms with Crippen LogP contribution in [0.25, 0.3) is 16.8 Å². The number of halogens is 1. The highest BCUT2D eigenvalue weighted by Crippen LogP contribution is 2.30. The number of benzene rings is 3. The molecule has 0 unspecified atom stereocenters. The zero-order chi connectivity index (χ0) is 20.6. The average Bonchev–Trinajstić information content (AvgIpc) is 2.73. The van der Waals surface area contributed by atoms with E-state index in [2.05, 4.69) is 12.2 Å². The standard InChI is InChI=1S/C24H21ClN2O2/c1-2-3-13-29-23-12-11-17(21-9-4-5-10-22(21)23)14-18(16-26)24(28)27-20-8-6-7-19(25)15-20/h4-12,14-15H,2-3,13H2,1H3,(H,27,28)/b18-14+. The van der Waals surface area contributed by atoms with Gasteiger partial charge in [0.05, 0.1) is 6.61 Å². The van der Waals surface area contributed by atoms with Gasteiger partial charge in [-0.2, -0.15) is 5.26 Å². The first-order valence-corrected chi connectivity index (χ1v) is 9.83. The highest BCUT2D eigenvalue weighted by Gasteiger charge is 2.12. The quantitative estimate of drug-likeness (QED) is 0.289. The lowest BCUT2D eigenvalue weighted by Crippen LogP contribution is -2.13. The second-order valence-corrected chi connectivity index (χ2v) is 6.97. The van der Waals surface area contributed by atoms with Crippen molar-refractivity contribution >= 4 is 40.0 Å². The number of nitrogens with one attached hydrogen (secondary N) is 1. The lowest BCUT2D eigenvalue weighted by molar-refractivity contribution is -0.112. The van der Waals surface area contributed by atoms with Crippen molar-refractivity contribution in [2.75, 3.05) is 11.9 Å². The molecule has 0 radical (unpaired) electrons. The van der Waals surface area contributed by atoms with Crippen molar-refractivity contribution in [2.24, 2.45) is 0 Å². The fourth-order valence-corrected chi connectivity index (χ4v) is 3.13. The molecule has 0 saturated carbocycles. The van der Waals surface area contributed by atoms with E-state index >= 15 is 0 Å². The van der Waals surface area contributed by atoms with E-state index in [0.717, 1.165) is 34.9 Å². The van der Waals surface area contributed by atoms with Gasteiger partial charge in [0.15, 0.2) is 0 Å². The topological polar surface area (TPSA) is 62.1 Å². The number of carbonyl (C=O) groups excluding carboxylic acids is 1. The summed E-state index contributed by atoms with van der Waals surface area (Å²) in [6, 6.07) is 20.3. The third kappa shape index (κ3) is 5.16. The predicted molar refractivity (Wildman–Crippen MR) is 118 cm³/mol. The molecule has 1 N–H and O–H groups in total. The fourth-order valence-electron chi connectivity index (χ4n) is 2.94. The molecule has 0 bridgehead atoms. The molecule has 29 heavy (non-hydrogen) atoms. The molecule has 0 aromatic heterocycles. The molecule has 1 amide bonds. The van der Waals surface area contributed by atoms with Gasteiger partial charge in [0.1, 0.15) is 17.4 Å². The van der Waals surface area contributed by atoms with E-state index in [-0.39, 0.29) is 5.57 Å². The maximum Gasteiger partial charge on any atom is 0.266 e. The molecule has 0 aliphatic rings. The smallest absolute Gasteiger partial charge is 0.266 e. The van der Waals surface area contributed by atoms with Crippen LogP contribution in [-0.4, -0.2) is 12.5 Å². The zero-order valence-corrected chi connectivity index (χ0v) is 16.9. The Kier molecular flexibility index (Phi) is 6.89. The molecule has 146 valence electrons. The number of hydrogen-bond acceptors (Lipinski definition) is 3. The van der Waals surface area contributed by atoms with E-state index in [4.69, 9.17) is 16.3 Å². The first-order chi connectivity index (χ1) is 14.1. The van der Waals surface area contributed by atoms with E-state index in [1.807, 2.05) is 42.5 Å². The Hall–Kier alpha value is -3.29. The van der Waals surface area contributed by atoms with Gasteiger partial charge in [-0.25, -0.2) is 0 Å². The van der Waals surface area contributed by atoms with Crippen molar-refractivity contribution < 1.29 is 9.53 Å². The number of nitrogens with zero attached hydrogens (tertiary/aromatic N) is 1. The van der Waals surface area contributed by atoms with Crippen LogP contribution in [0.5, 0.6) is 5.75 Å². The Morgan fingerprint density at radius 3 is 2.66 bits per heavy atom. The number of anilines is 1. The highest BCUT2D eigenvalue weighted by molar-refractivity contribution is 6.31. The van der Waals surface area contributed by atoms with Crippen molar-refractivity contribution in [3.05, 3.63) is 76.8 Å². The minimum atomic E-state index is -0.484. The summed E-state index contributed by atoms with van der Waals surface area (Å²) in [5.41, 5.74) is 1.32. The lowest BCUT2D eigenvalue weighted by Gasteiger charge is -2.11. The third-order valence-corrected chi connectivity index (χ3v) is 4.66. The van der Waals surface area contributed by atoms with E-state index in [0.29, 0.717) is 17.3 Å². The number of hydrogen-bond donors (Lipinski definition) is 1. The van der Waals surface area contributed by atoms with Gasteiger partial charge in [0, 0.05) is 16.1 Å². The summed E-state index contributed by atoms with van der Waals surface area (Å²) in [6.45, 7) is 2.77. The third-order valence-electron chi connectivity index (χ3n) is 4.42. The second kappa shape index (κ2) is 9.77. The van der Waals surface area contributed by atoms with Gasteiger partial charge >= 0.3 is 0 Å². The number of unbranched alkanes of at least 4 members (excludes halogenated alkanes) is 1. The minimum absolute atomic E-state index is 0.00906. The van der Waals surface area contributed by atoms with E-state index in [1.54, 1.807) is 30.3 Å². The molecule has 0 aliphatic carbocycles. The number of nitriles is 1. The Balaban J connectivity index is 1.92. The molecule has 3 aromatic carbocycles. The van der Waals surface area contributed by atoms with Gasteiger partial charge < -0.3 is 10.1 Å². The fraction of sp³-hybridized carbons (Fsp3) is 0.167. The Morgan fingerprint density at radius 2 is 1.93 bits per heavy atom. The normalized spacial score (nSPS) is 11.1. The molecular weight excluding hydrogens is 384 g/mol. The first kappa shape index (κ1) is 20.4. The van der Waals surface area contributed by atoms with Crippen molar-refractivity contribution in [3.8, 4) is 11.8 Å². The Bertz CT molecular complexity index is 1100. The van der Waals surface area contributed by atoms with Crippen molar-refractivity contribution in [2.45, 2.75) is 19.8 Å². The van der Waals surface area contributed by atoms with Gasteiger partial charge in [-0.1, -0.05) is 61.3 Å². The summed E-state index contributed by atoms with van der Waals surface area (Å²) in [5.74, 6) is 0.315. The first-order valence-electron chi connectivity index (χ1n) is 9.45. The average molecular weight is 405 g/mol. The van der Waals surface area contributed by atoms with Crippen LogP contribution in [0.2, 0.25) is 5.02 Å². The summed E-state index contributed by atoms with van der Waals surface area (Å²) < 4.78 is 5.91. The van der Waals surface area contributed by atoms with Crippen LogP contribution in [0.1, 0.15) is 25.3 Å². The van der Waals surface area contributed by atoms with Crippen molar-refractivity contribution in [3.63, 3.8) is 0 Å². The summed E-state index contributed by atoms with van der Waals surface area (Å²) in [5, 5.41) is 14.6. The van der Waals surface area contributed by atoms with Crippen LogP contribution in [0.15, 0.2) is 66.2 Å². The van der Waals surface area contributed by atoms with Crippen LogP contribution in [0.4, 0.5) is 5.69 Å². The van der Waals surface area contributed by atoms with Crippen molar-refractivity contribution in [1.29, 1.82) is 5.26 Å². The van der Waals surface area contributed by atoms with Crippen molar-refractivity contribution in [1.82, 2.24) is 0 Å². The number of rotatable bonds is 7. The minimum Gasteiger partial charge on any atom is -0.493 e. The van der Waals surface area contributed by atoms with Gasteiger partial charge in [0.2, 0.25) is 0 Å². The van der Waals surface area contributed by atoms with Gasteiger partial charge in [0.25, 0.3) is 5.91 Å². The van der Waals surface area contributed by atoms with Gasteiger partial charge in [-0.05, 0) is 47.7 Å². The molecular formula is C24H21ClN2O2. The largest absolute Gasteiger partial charge is 0.493 e. The summed E-state index contributed by atoms with van der Waals surface area (Å²) in [4.78, 5) is 12.6. The van der Waals surface area contributed by atoms with Crippen LogP contribution in [0, 0.1) is 11.3 Å². The van der Waals surface area contributed by atoms with Crippen LogP contribution >= 0.6 is 11.6 Å². The zero-order valence-electron chi connectivity index (χ0n) is 16.1. The second-order valence-electron chi connectivity index (χ2n) is 6.53. The Morgan fingerprint density at radius 1 is 1.14 bits per heavy atom. The molecule has 4 nitrogen and oxygen atoms in total. The molecule has 0 atom stereocenters. The molecule has 3 aromatic rings. The molecule has 3 rings (SSSR count). The molecule has 0 fully saturated rings.